The van der Waals surface area contributed by atoms with Crippen LogP contribution in [0.5, 0.6) is 0 Å². The molecule has 1 atom stereocenters. The SMILES string of the molecule is C[Si](C)(C)C(C#N)CCc1ccccc1. The van der Waals surface area contributed by atoms with E-state index in [1.54, 1.807) is 0 Å². The number of nitriles is 1. The van der Waals surface area contributed by atoms with Gasteiger partial charge in [-0.05, 0) is 18.4 Å². The molecule has 0 saturated carbocycles. The summed E-state index contributed by atoms with van der Waals surface area (Å²) >= 11 is 0. The first-order valence-corrected chi connectivity index (χ1v) is 9.05. The summed E-state index contributed by atoms with van der Waals surface area (Å²) in [6.45, 7) is 6.81. The largest absolute Gasteiger partial charge is 0.198 e. The molecule has 0 aliphatic heterocycles. The second-order valence-electron chi connectivity index (χ2n) is 5.07. The molecule has 1 nitrogen and oxygen atoms in total. The highest BCUT2D eigenvalue weighted by atomic mass is 28.3. The average molecular weight is 217 g/mol. The Balaban J connectivity index is 2.54. The fourth-order valence-electron chi connectivity index (χ4n) is 1.65. The van der Waals surface area contributed by atoms with Gasteiger partial charge in [-0.25, -0.2) is 0 Å². The van der Waals surface area contributed by atoms with E-state index in [9.17, 15) is 0 Å². The van der Waals surface area contributed by atoms with E-state index < -0.39 is 8.07 Å². The van der Waals surface area contributed by atoms with E-state index in [0.29, 0.717) is 0 Å². The van der Waals surface area contributed by atoms with Gasteiger partial charge in [-0.1, -0.05) is 50.0 Å². The van der Waals surface area contributed by atoms with Crippen molar-refractivity contribution in [1.29, 1.82) is 5.26 Å². The smallest absolute Gasteiger partial charge is 0.0640 e. The molecule has 0 fully saturated rings. The lowest BCUT2D eigenvalue weighted by atomic mass is 10.1. The second-order valence-corrected chi connectivity index (χ2v) is 10.5. The molecular weight excluding hydrogens is 198 g/mol. The van der Waals surface area contributed by atoms with E-state index in [-0.39, 0.29) is 5.54 Å². The molecule has 1 unspecified atom stereocenters. The Morgan fingerprint density at radius 2 is 1.80 bits per heavy atom. The highest BCUT2D eigenvalue weighted by Gasteiger charge is 2.25. The Morgan fingerprint density at radius 1 is 1.20 bits per heavy atom. The zero-order chi connectivity index (χ0) is 11.3. The van der Waals surface area contributed by atoms with Crippen molar-refractivity contribution in [3.63, 3.8) is 0 Å². The number of hydrogen-bond acceptors (Lipinski definition) is 1. The van der Waals surface area contributed by atoms with Crippen LogP contribution in [0.2, 0.25) is 25.2 Å². The van der Waals surface area contributed by atoms with Crippen LogP contribution in [-0.4, -0.2) is 8.07 Å². The molecule has 15 heavy (non-hydrogen) atoms. The maximum Gasteiger partial charge on any atom is 0.0640 e. The van der Waals surface area contributed by atoms with Gasteiger partial charge in [-0.15, -0.1) is 0 Å². The molecule has 80 valence electrons. The molecule has 0 amide bonds. The highest BCUT2D eigenvalue weighted by molar-refractivity contribution is 6.78. The standard InChI is InChI=1S/C13H19NSi/c1-15(2,3)13(11-14)10-9-12-7-5-4-6-8-12/h4-8,13H,9-10H2,1-3H3. The van der Waals surface area contributed by atoms with Crippen molar-refractivity contribution in [2.45, 2.75) is 38.0 Å². The van der Waals surface area contributed by atoms with Gasteiger partial charge in [-0.2, -0.15) is 5.26 Å². The molecule has 0 saturated heterocycles. The van der Waals surface area contributed by atoms with Crippen molar-refractivity contribution in [2.24, 2.45) is 0 Å². The summed E-state index contributed by atoms with van der Waals surface area (Å²) in [5.41, 5.74) is 1.62. The predicted molar refractivity (Wildman–Crippen MR) is 67.5 cm³/mol. The Kier molecular flexibility index (Phi) is 4.11. The summed E-state index contributed by atoms with van der Waals surface area (Å²) in [6.07, 6.45) is 2.04. The molecule has 1 aromatic rings. The van der Waals surface area contributed by atoms with E-state index in [0.717, 1.165) is 12.8 Å². The van der Waals surface area contributed by atoms with Crippen LogP contribution in [0, 0.1) is 11.3 Å². The molecule has 0 bridgehead atoms. The Bertz CT molecular complexity index is 332. The summed E-state index contributed by atoms with van der Waals surface area (Å²) in [5, 5.41) is 9.12. The Morgan fingerprint density at radius 3 is 2.27 bits per heavy atom. The molecule has 0 spiro atoms. The van der Waals surface area contributed by atoms with E-state index in [1.807, 2.05) is 6.07 Å². The van der Waals surface area contributed by atoms with Crippen LogP contribution in [0.15, 0.2) is 30.3 Å². The van der Waals surface area contributed by atoms with Crippen LogP contribution < -0.4 is 0 Å². The zero-order valence-corrected chi connectivity index (χ0v) is 10.8. The third-order valence-corrected chi connectivity index (χ3v) is 5.27. The lowest BCUT2D eigenvalue weighted by Crippen LogP contribution is -2.27. The van der Waals surface area contributed by atoms with Gasteiger partial charge < -0.3 is 0 Å². The minimum absolute atomic E-state index is 0.276. The van der Waals surface area contributed by atoms with E-state index in [2.05, 4.69) is 50.0 Å². The second kappa shape index (κ2) is 5.13. The van der Waals surface area contributed by atoms with Gasteiger partial charge >= 0.3 is 0 Å². The van der Waals surface area contributed by atoms with Crippen molar-refractivity contribution in [3.8, 4) is 6.07 Å². The first-order valence-electron chi connectivity index (χ1n) is 5.47. The molecular formula is C13H19NSi. The minimum atomic E-state index is -1.30. The van der Waals surface area contributed by atoms with Gasteiger partial charge in [0.2, 0.25) is 0 Å². The topological polar surface area (TPSA) is 23.8 Å². The molecule has 1 aromatic carbocycles. The van der Waals surface area contributed by atoms with Crippen LogP contribution in [-0.2, 0) is 6.42 Å². The van der Waals surface area contributed by atoms with Crippen LogP contribution in [0.1, 0.15) is 12.0 Å². The predicted octanol–water partition coefficient (Wildman–Crippen LogP) is 3.85. The van der Waals surface area contributed by atoms with Crippen LogP contribution in [0.3, 0.4) is 0 Å². The molecule has 1 rings (SSSR count). The molecule has 0 radical (unpaired) electrons. The summed E-state index contributed by atoms with van der Waals surface area (Å²) in [7, 11) is -1.30. The van der Waals surface area contributed by atoms with Crippen LogP contribution in [0.4, 0.5) is 0 Å². The summed E-state index contributed by atoms with van der Waals surface area (Å²) in [5.74, 6) is 0. The van der Waals surface area contributed by atoms with Gasteiger partial charge in [0.05, 0.1) is 14.1 Å². The van der Waals surface area contributed by atoms with Crippen molar-refractivity contribution in [3.05, 3.63) is 35.9 Å². The van der Waals surface area contributed by atoms with Crippen molar-refractivity contribution in [1.82, 2.24) is 0 Å². The van der Waals surface area contributed by atoms with Gasteiger partial charge in [0.15, 0.2) is 0 Å². The lowest BCUT2D eigenvalue weighted by molar-refractivity contribution is 0.824. The number of benzene rings is 1. The first-order chi connectivity index (χ1) is 7.04. The highest BCUT2D eigenvalue weighted by Crippen LogP contribution is 2.26. The fraction of sp³-hybridized carbons (Fsp3) is 0.462. The molecule has 0 heterocycles. The summed E-state index contributed by atoms with van der Waals surface area (Å²) < 4.78 is 0. The maximum atomic E-state index is 9.12. The fourth-order valence-corrected chi connectivity index (χ4v) is 3.04. The van der Waals surface area contributed by atoms with E-state index >= 15 is 0 Å². The third-order valence-electron chi connectivity index (χ3n) is 2.77. The molecule has 2 heteroatoms. The summed E-state index contributed by atoms with van der Waals surface area (Å²) in [6, 6.07) is 12.9. The number of rotatable bonds is 4. The molecule has 0 aromatic heterocycles. The van der Waals surface area contributed by atoms with Gasteiger partial charge in [0.1, 0.15) is 0 Å². The summed E-state index contributed by atoms with van der Waals surface area (Å²) in [4.78, 5) is 0. The molecule has 0 aliphatic rings. The Hall–Kier alpha value is -1.07. The minimum Gasteiger partial charge on any atom is -0.198 e. The number of hydrogen-bond donors (Lipinski definition) is 0. The molecule has 0 aliphatic carbocycles. The van der Waals surface area contributed by atoms with Crippen molar-refractivity contribution >= 4 is 8.07 Å². The van der Waals surface area contributed by atoms with Crippen molar-refractivity contribution in [2.75, 3.05) is 0 Å². The van der Waals surface area contributed by atoms with Crippen LogP contribution in [0.25, 0.3) is 0 Å². The zero-order valence-electron chi connectivity index (χ0n) is 9.83. The quantitative estimate of drug-likeness (QED) is 0.703. The average Bonchev–Trinajstić information content (AvgIpc) is 2.18. The first kappa shape index (κ1) is 12.0. The maximum absolute atomic E-state index is 9.12. The normalized spacial score (nSPS) is 13.2. The Labute approximate surface area is 93.8 Å². The van der Waals surface area contributed by atoms with Crippen LogP contribution >= 0.6 is 0 Å². The van der Waals surface area contributed by atoms with E-state index in [4.69, 9.17) is 5.26 Å². The van der Waals surface area contributed by atoms with E-state index in [1.165, 1.54) is 5.56 Å². The molecule has 0 N–H and O–H groups in total. The third kappa shape index (κ3) is 3.89. The number of aryl methyl sites for hydroxylation is 1. The van der Waals surface area contributed by atoms with Gasteiger partial charge in [0.25, 0.3) is 0 Å². The monoisotopic (exact) mass is 217 g/mol. The van der Waals surface area contributed by atoms with Gasteiger partial charge in [-0.3, -0.25) is 0 Å². The lowest BCUT2D eigenvalue weighted by Gasteiger charge is -2.22. The van der Waals surface area contributed by atoms with Crippen molar-refractivity contribution < 1.29 is 0 Å². The van der Waals surface area contributed by atoms with Gasteiger partial charge in [0, 0.05) is 5.54 Å². The number of nitrogens with zero attached hydrogens (tertiary/aromatic N) is 1.